The highest BCUT2D eigenvalue weighted by atomic mass is 32.2. The highest BCUT2D eigenvalue weighted by Crippen LogP contribution is 2.27. The van der Waals surface area contributed by atoms with Gasteiger partial charge in [0.2, 0.25) is 11.3 Å². The smallest absolute Gasteiger partial charge is 0.262 e. The molecule has 0 aliphatic carbocycles. The lowest BCUT2D eigenvalue weighted by atomic mass is 10.1. The normalized spacial score (nSPS) is 26.9. The Balaban J connectivity index is 1.91. The summed E-state index contributed by atoms with van der Waals surface area (Å²) in [5, 5.41) is 10.3. The Morgan fingerprint density at radius 2 is 1.73 bits per heavy atom. The second-order valence-corrected chi connectivity index (χ2v) is 6.07. The fourth-order valence-corrected chi connectivity index (χ4v) is 3.20. The number of imide groups is 1. The average Bonchev–Trinajstić information content (AvgIpc) is 2.64. The Kier molecular flexibility index (Phi) is 3.92. The summed E-state index contributed by atoms with van der Waals surface area (Å²) in [7, 11) is 0. The molecule has 2 heterocycles. The number of benzene rings is 1. The van der Waals surface area contributed by atoms with Crippen LogP contribution in [0.1, 0.15) is 20.7 Å². The molecule has 0 saturated carbocycles. The van der Waals surface area contributed by atoms with Gasteiger partial charge in [0.25, 0.3) is 11.8 Å². The Labute approximate surface area is 129 Å². The van der Waals surface area contributed by atoms with Crippen molar-refractivity contribution in [2.24, 2.45) is 0 Å². The van der Waals surface area contributed by atoms with Crippen molar-refractivity contribution in [1.82, 2.24) is 9.21 Å². The predicted molar refractivity (Wildman–Crippen MR) is 78.2 cm³/mol. The molecule has 22 heavy (non-hydrogen) atoms. The summed E-state index contributed by atoms with van der Waals surface area (Å²) in [4.78, 5) is 25.8. The number of nitrogens with zero attached hydrogens (tertiary/aromatic N) is 2. The molecule has 0 fully saturated rings. The van der Waals surface area contributed by atoms with E-state index in [4.69, 9.17) is 4.55 Å². The van der Waals surface area contributed by atoms with E-state index in [0.29, 0.717) is 11.1 Å². The van der Waals surface area contributed by atoms with Crippen LogP contribution in [0.3, 0.4) is 0 Å². The number of aliphatic hydroxyl groups is 1. The van der Waals surface area contributed by atoms with Gasteiger partial charge in [-0.3, -0.25) is 19.0 Å². The average molecular weight is 322 g/mol. The molecular formula is C14H14N2O5S. The number of carbonyl (C=O) groups excluding carboxylic acids is 2. The molecule has 2 N–H and O–H groups in total. The third-order valence-corrected chi connectivity index (χ3v) is 4.51. The summed E-state index contributed by atoms with van der Waals surface area (Å²) in [5.41, 5.74) is 0.611. The molecule has 0 radical (unpaired) electrons. The van der Waals surface area contributed by atoms with Crippen molar-refractivity contribution in [2.45, 2.75) is 12.1 Å². The Morgan fingerprint density at radius 3 is 2.27 bits per heavy atom. The van der Waals surface area contributed by atoms with Crippen LogP contribution in [0, 0.1) is 0 Å². The first-order chi connectivity index (χ1) is 10.5. The predicted octanol–water partition coefficient (Wildman–Crippen LogP) is 0.0206. The van der Waals surface area contributed by atoms with Gasteiger partial charge in [-0.25, -0.2) is 4.21 Å². The second kappa shape index (κ2) is 5.73. The molecule has 2 aliphatic rings. The van der Waals surface area contributed by atoms with E-state index in [1.54, 1.807) is 30.3 Å². The first kappa shape index (κ1) is 15.0. The van der Waals surface area contributed by atoms with Crippen molar-refractivity contribution in [1.29, 1.82) is 0 Å². The van der Waals surface area contributed by atoms with Crippen LogP contribution in [-0.2, 0) is 11.3 Å². The molecule has 1 aromatic carbocycles. The summed E-state index contributed by atoms with van der Waals surface area (Å²) in [6.07, 6.45) is 1.95. The Hall–Kier alpha value is -1.87. The van der Waals surface area contributed by atoms with E-state index >= 15 is 0 Å². The Bertz CT molecular complexity index is 655. The van der Waals surface area contributed by atoms with E-state index in [2.05, 4.69) is 0 Å². The number of amides is 2. The molecule has 116 valence electrons. The van der Waals surface area contributed by atoms with Crippen LogP contribution < -0.4 is 0 Å². The molecule has 2 aliphatic heterocycles. The van der Waals surface area contributed by atoms with Gasteiger partial charge in [0.05, 0.1) is 23.3 Å². The van der Waals surface area contributed by atoms with Crippen LogP contribution in [-0.4, -0.2) is 60.1 Å². The number of rotatable bonds is 2. The molecule has 8 heteroatoms. The van der Waals surface area contributed by atoms with Crippen molar-refractivity contribution in [3.8, 4) is 0 Å². The molecule has 0 saturated heterocycles. The lowest BCUT2D eigenvalue weighted by Gasteiger charge is -2.28. The molecular weight excluding hydrogens is 308 g/mol. The van der Waals surface area contributed by atoms with Gasteiger partial charge in [-0.15, -0.1) is 0 Å². The third kappa shape index (κ3) is 2.40. The summed E-state index contributed by atoms with van der Waals surface area (Å²) < 4.78 is 21.4. The van der Waals surface area contributed by atoms with E-state index in [1.807, 2.05) is 0 Å². The molecule has 0 aromatic heterocycles. The fourth-order valence-electron chi connectivity index (χ4n) is 2.70. The number of aliphatic hydroxyl groups excluding tert-OH is 1. The van der Waals surface area contributed by atoms with Gasteiger partial charge in [0.1, 0.15) is 0 Å². The van der Waals surface area contributed by atoms with Crippen molar-refractivity contribution in [3.63, 3.8) is 0 Å². The number of hydrogen-bond donors (Lipinski definition) is 2. The number of fused-ring (bicyclic) bond motifs is 1. The van der Waals surface area contributed by atoms with E-state index in [-0.39, 0.29) is 13.1 Å². The maximum absolute atomic E-state index is 12.4. The maximum atomic E-state index is 12.4. The highest BCUT2D eigenvalue weighted by Gasteiger charge is 2.42. The van der Waals surface area contributed by atoms with Crippen LogP contribution in [0.5, 0.6) is 0 Å². The summed E-state index contributed by atoms with van der Waals surface area (Å²) in [6.45, 7) is 0.0357. The van der Waals surface area contributed by atoms with Crippen LogP contribution in [0.2, 0.25) is 0 Å². The monoisotopic (exact) mass is 322 g/mol. The van der Waals surface area contributed by atoms with Gasteiger partial charge in [-0.2, -0.15) is 4.31 Å². The van der Waals surface area contributed by atoms with E-state index in [1.165, 1.54) is 6.08 Å². The van der Waals surface area contributed by atoms with Crippen molar-refractivity contribution in [3.05, 3.63) is 47.5 Å². The zero-order chi connectivity index (χ0) is 15.9. The quantitative estimate of drug-likeness (QED) is 0.454. The molecule has 0 bridgehead atoms. The van der Waals surface area contributed by atoms with Crippen LogP contribution in [0.4, 0.5) is 0 Å². The zero-order valence-corrected chi connectivity index (χ0v) is 12.3. The highest BCUT2D eigenvalue weighted by molar-refractivity contribution is 7.76. The summed E-state index contributed by atoms with van der Waals surface area (Å²) in [6, 6.07) is 5.61. The summed E-state index contributed by atoms with van der Waals surface area (Å²) >= 11 is -2.22. The first-order valence-electron chi connectivity index (χ1n) is 6.68. The molecule has 3 rings (SSSR count). The van der Waals surface area contributed by atoms with Gasteiger partial charge in [-0.05, 0) is 12.1 Å². The van der Waals surface area contributed by atoms with E-state index in [0.717, 1.165) is 9.21 Å². The largest absolute Gasteiger partial charge is 0.389 e. The van der Waals surface area contributed by atoms with Crippen LogP contribution in [0.25, 0.3) is 0 Å². The standard InChI is InChI=1S/C14H14N2O5S/c17-12-8-15(22(20)21)7-3-6-11(12)16-13(18)9-4-1-2-5-10(9)14(16)19/h1-6,11-12,17H,7-8H2,(H,20,21)/t11-,12-/m0/s1. The minimum Gasteiger partial charge on any atom is -0.389 e. The van der Waals surface area contributed by atoms with E-state index in [9.17, 15) is 18.9 Å². The molecule has 2 amide bonds. The Morgan fingerprint density at radius 1 is 1.14 bits per heavy atom. The van der Waals surface area contributed by atoms with Crippen molar-refractivity contribution >= 4 is 23.1 Å². The molecule has 0 spiro atoms. The number of β-amino-alcohol motifs (C(OH)–C–C–N with tert-alkyl or cyclic N) is 1. The molecule has 1 aromatic rings. The first-order valence-corrected chi connectivity index (χ1v) is 7.74. The number of hydrogen-bond acceptors (Lipinski definition) is 4. The van der Waals surface area contributed by atoms with E-state index < -0.39 is 35.2 Å². The molecule has 1 unspecified atom stereocenters. The minimum atomic E-state index is -2.22. The van der Waals surface area contributed by atoms with Gasteiger partial charge >= 0.3 is 0 Å². The number of carbonyl (C=O) groups is 2. The third-order valence-electron chi connectivity index (χ3n) is 3.77. The van der Waals surface area contributed by atoms with Crippen molar-refractivity contribution in [2.75, 3.05) is 13.1 Å². The van der Waals surface area contributed by atoms with Gasteiger partial charge < -0.3 is 5.11 Å². The van der Waals surface area contributed by atoms with Crippen LogP contribution in [0.15, 0.2) is 36.4 Å². The zero-order valence-electron chi connectivity index (χ0n) is 11.5. The molecule has 7 nitrogen and oxygen atoms in total. The van der Waals surface area contributed by atoms with Gasteiger partial charge in [0.15, 0.2) is 0 Å². The lowest BCUT2D eigenvalue weighted by Crippen LogP contribution is -2.48. The lowest BCUT2D eigenvalue weighted by molar-refractivity contribution is 0.0410. The fraction of sp³-hybridized carbons (Fsp3) is 0.286. The topological polar surface area (TPSA) is 98.2 Å². The van der Waals surface area contributed by atoms with Gasteiger partial charge in [0, 0.05) is 13.1 Å². The summed E-state index contributed by atoms with van der Waals surface area (Å²) in [5.74, 6) is -0.930. The van der Waals surface area contributed by atoms with Crippen molar-refractivity contribution < 1.29 is 23.5 Å². The minimum absolute atomic E-state index is 0.117. The van der Waals surface area contributed by atoms with Gasteiger partial charge in [-0.1, -0.05) is 24.3 Å². The molecule has 3 atom stereocenters. The maximum Gasteiger partial charge on any atom is 0.262 e. The van der Waals surface area contributed by atoms with Crippen LogP contribution >= 0.6 is 0 Å². The second-order valence-electron chi connectivity index (χ2n) is 5.09. The SMILES string of the molecule is O=C1c2ccccc2C(=O)N1[C@H]1C=CCN(S(=O)O)C[C@@H]1O.